The van der Waals surface area contributed by atoms with Crippen molar-refractivity contribution in [3.05, 3.63) is 23.7 Å². The zero-order valence-electron chi connectivity index (χ0n) is 13.6. The maximum Gasteiger partial charge on any atom is 0.254 e. The number of nitrogens with two attached hydrogens (primary N) is 1. The van der Waals surface area contributed by atoms with E-state index in [1.807, 2.05) is 6.92 Å². The lowest BCUT2D eigenvalue weighted by Gasteiger charge is -2.19. The number of nitrogens with one attached hydrogen (secondary N) is 1. The average Bonchev–Trinajstić information content (AvgIpc) is 2.92. The quantitative estimate of drug-likeness (QED) is 0.715. The van der Waals surface area contributed by atoms with Gasteiger partial charge in [0.2, 0.25) is 0 Å². The van der Waals surface area contributed by atoms with E-state index in [0.29, 0.717) is 17.9 Å². The van der Waals surface area contributed by atoms with Crippen molar-refractivity contribution in [2.45, 2.75) is 46.2 Å². The molecule has 7 heteroatoms. The molecule has 1 atom stereocenters. The molecule has 1 heterocycles. The Kier molecular flexibility index (Phi) is 13.6. The van der Waals surface area contributed by atoms with Gasteiger partial charge in [0.1, 0.15) is 12.0 Å². The van der Waals surface area contributed by atoms with Crippen LogP contribution in [-0.2, 0) is 6.54 Å². The molecule has 5 nitrogen and oxygen atoms in total. The Bertz CT molecular complexity index is 409. The minimum atomic E-state index is -0.0937. The lowest BCUT2D eigenvalue weighted by Crippen LogP contribution is -2.33. The van der Waals surface area contributed by atoms with Crippen molar-refractivity contribution in [3.8, 4) is 0 Å². The molecule has 1 unspecified atom stereocenters. The van der Waals surface area contributed by atoms with Crippen LogP contribution in [0.3, 0.4) is 0 Å². The molecular formula is C15H29Cl2N3O2. The molecule has 0 saturated carbocycles. The van der Waals surface area contributed by atoms with Crippen LogP contribution in [0.4, 0.5) is 0 Å². The Labute approximate surface area is 145 Å². The maximum absolute atomic E-state index is 12.0. The van der Waals surface area contributed by atoms with Gasteiger partial charge in [-0.1, -0.05) is 13.8 Å². The molecule has 0 bridgehead atoms. The van der Waals surface area contributed by atoms with Crippen LogP contribution in [0.15, 0.2) is 16.7 Å². The average molecular weight is 354 g/mol. The smallest absolute Gasteiger partial charge is 0.254 e. The first-order chi connectivity index (χ1) is 9.60. The van der Waals surface area contributed by atoms with E-state index in [-0.39, 0.29) is 36.8 Å². The van der Waals surface area contributed by atoms with Crippen molar-refractivity contribution in [2.24, 2.45) is 5.73 Å². The number of furan rings is 1. The van der Waals surface area contributed by atoms with Gasteiger partial charge >= 0.3 is 0 Å². The first kappa shape index (κ1) is 23.5. The van der Waals surface area contributed by atoms with Gasteiger partial charge in [0.25, 0.3) is 5.91 Å². The van der Waals surface area contributed by atoms with Crippen LogP contribution in [0, 0.1) is 0 Å². The lowest BCUT2D eigenvalue weighted by molar-refractivity contribution is 0.0936. The summed E-state index contributed by atoms with van der Waals surface area (Å²) >= 11 is 0. The maximum atomic E-state index is 12.0. The summed E-state index contributed by atoms with van der Waals surface area (Å²) in [4.78, 5) is 14.4. The van der Waals surface area contributed by atoms with E-state index in [9.17, 15) is 4.79 Å². The third kappa shape index (κ3) is 8.03. The molecular weight excluding hydrogens is 325 g/mol. The van der Waals surface area contributed by atoms with Crippen LogP contribution >= 0.6 is 24.8 Å². The Balaban J connectivity index is 0. The van der Waals surface area contributed by atoms with Crippen molar-refractivity contribution >= 4 is 30.7 Å². The third-order valence-corrected chi connectivity index (χ3v) is 3.50. The van der Waals surface area contributed by atoms with E-state index < -0.39 is 0 Å². The highest BCUT2D eigenvalue weighted by molar-refractivity contribution is 5.94. The van der Waals surface area contributed by atoms with Crippen molar-refractivity contribution in [1.29, 1.82) is 0 Å². The molecule has 0 spiro atoms. The van der Waals surface area contributed by atoms with E-state index in [1.165, 1.54) is 6.26 Å². The summed E-state index contributed by atoms with van der Waals surface area (Å²) in [5.41, 5.74) is 6.00. The third-order valence-electron chi connectivity index (χ3n) is 3.50. The van der Waals surface area contributed by atoms with Gasteiger partial charge in [0, 0.05) is 6.04 Å². The fourth-order valence-corrected chi connectivity index (χ4v) is 2.15. The van der Waals surface area contributed by atoms with E-state index >= 15 is 0 Å². The van der Waals surface area contributed by atoms with Crippen molar-refractivity contribution in [3.63, 3.8) is 0 Å². The highest BCUT2D eigenvalue weighted by Crippen LogP contribution is 2.08. The fourth-order valence-electron chi connectivity index (χ4n) is 2.15. The second-order valence-electron chi connectivity index (χ2n) is 5.05. The molecule has 0 aromatic carbocycles. The van der Waals surface area contributed by atoms with Gasteiger partial charge in [-0.05, 0) is 45.5 Å². The van der Waals surface area contributed by atoms with Gasteiger partial charge in [-0.2, -0.15) is 0 Å². The molecule has 1 aromatic heterocycles. The van der Waals surface area contributed by atoms with Gasteiger partial charge in [-0.15, -0.1) is 24.8 Å². The first-order valence-electron chi connectivity index (χ1n) is 7.41. The summed E-state index contributed by atoms with van der Waals surface area (Å²) in [6, 6.07) is 1.85. The molecule has 3 N–H and O–H groups in total. The predicted octanol–water partition coefficient (Wildman–Crippen LogP) is 2.82. The largest absolute Gasteiger partial charge is 0.467 e. The highest BCUT2D eigenvalue weighted by atomic mass is 35.5. The predicted molar refractivity (Wildman–Crippen MR) is 95.0 cm³/mol. The zero-order valence-corrected chi connectivity index (χ0v) is 15.3. The zero-order chi connectivity index (χ0) is 15.0. The summed E-state index contributed by atoms with van der Waals surface area (Å²) in [6.45, 7) is 9.92. The molecule has 0 fully saturated rings. The summed E-state index contributed by atoms with van der Waals surface area (Å²) in [6.07, 6.45) is 3.52. The molecule has 130 valence electrons. The minimum Gasteiger partial charge on any atom is -0.467 e. The van der Waals surface area contributed by atoms with Crippen LogP contribution in [-0.4, -0.2) is 36.5 Å². The highest BCUT2D eigenvalue weighted by Gasteiger charge is 2.12. The van der Waals surface area contributed by atoms with Gasteiger partial charge in [0.05, 0.1) is 12.1 Å². The Morgan fingerprint density at radius 2 is 2.00 bits per heavy atom. The summed E-state index contributed by atoms with van der Waals surface area (Å²) in [5.74, 6) is 0.535. The van der Waals surface area contributed by atoms with Crippen LogP contribution in [0.2, 0.25) is 0 Å². The lowest BCUT2D eigenvalue weighted by atomic mass is 10.1. The van der Waals surface area contributed by atoms with Gasteiger partial charge < -0.3 is 20.4 Å². The summed E-state index contributed by atoms with van der Waals surface area (Å²) in [7, 11) is 0. The van der Waals surface area contributed by atoms with E-state index in [1.54, 1.807) is 6.07 Å². The van der Waals surface area contributed by atoms with Crippen molar-refractivity contribution in [2.75, 3.05) is 19.6 Å². The first-order valence-corrected chi connectivity index (χ1v) is 7.41. The number of rotatable bonds is 9. The Morgan fingerprint density at radius 3 is 2.50 bits per heavy atom. The second kappa shape index (κ2) is 12.8. The molecule has 0 aliphatic heterocycles. The number of hydrogen-bond donors (Lipinski definition) is 2. The Morgan fingerprint density at radius 1 is 1.36 bits per heavy atom. The summed E-state index contributed by atoms with van der Waals surface area (Å²) < 4.78 is 5.17. The van der Waals surface area contributed by atoms with Gasteiger partial charge in [-0.25, -0.2) is 0 Å². The number of hydrogen-bond acceptors (Lipinski definition) is 4. The molecule has 0 aliphatic rings. The van der Waals surface area contributed by atoms with E-state index in [0.717, 1.165) is 32.5 Å². The Hall–Kier alpha value is -0.750. The molecule has 0 aliphatic carbocycles. The normalized spacial score (nSPS) is 11.5. The van der Waals surface area contributed by atoms with Crippen LogP contribution < -0.4 is 11.1 Å². The molecule has 0 radical (unpaired) electrons. The monoisotopic (exact) mass is 353 g/mol. The molecule has 1 aromatic rings. The van der Waals surface area contributed by atoms with Crippen LogP contribution in [0.5, 0.6) is 0 Å². The van der Waals surface area contributed by atoms with Crippen molar-refractivity contribution < 1.29 is 9.21 Å². The summed E-state index contributed by atoms with van der Waals surface area (Å²) in [5, 5.41) is 2.99. The molecule has 0 saturated heterocycles. The number of carbonyl (C=O) groups excluding carboxylic acids is 1. The van der Waals surface area contributed by atoms with Crippen LogP contribution in [0.25, 0.3) is 0 Å². The standard InChI is InChI=1S/C15H27N3O2.2ClH/c1-4-18(5-2)8-6-7-12(3)17-15(19)13-9-14(10-16)20-11-13;;/h9,11-12H,4-8,10,16H2,1-3H3,(H,17,19);2*1H. The topological polar surface area (TPSA) is 71.5 Å². The number of halogens is 2. The second-order valence-corrected chi connectivity index (χ2v) is 5.05. The number of carbonyl (C=O) groups is 1. The van der Waals surface area contributed by atoms with Gasteiger partial charge in [0.15, 0.2) is 0 Å². The van der Waals surface area contributed by atoms with E-state index in [2.05, 4.69) is 24.1 Å². The number of amides is 1. The number of nitrogens with zero attached hydrogens (tertiary/aromatic N) is 1. The molecule has 22 heavy (non-hydrogen) atoms. The van der Waals surface area contributed by atoms with Crippen LogP contribution in [0.1, 0.15) is 49.7 Å². The van der Waals surface area contributed by atoms with E-state index in [4.69, 9.17) is 10.2 Å². The van der Waals surface area contributed by atoms with Gasteiger partial charge in [-0.3, -0.25) is 4.79 Å². The SMILES string of the molecule is CCN(CC)CCCC(C)NC(=O)c1coc(CN)c1.Cl.Cl. The van der Waals surface area contributed by atoms with Crippen molar-refractivity contribution in [1.82, 2.24) is 10.2 Å². The minimum absolute atomic E-state index is 0. The fraction of sp³-hybridized carbons (Fsp3) is 0.667. The molecule has 1 rings (SSSR count). The molecule has 1 amide bonds.